The monoisotopic (exact) mass is 249 g/mol. The van der Waals surface area contributed by atoms with E-state index in [0.29, 0.717) is 11.7 Å². The van der Waals surface area contributed by atoms with Crippen LogP contribution in [0.1, 0.15) is 5.56 Å². The maximum Gasteiger partial charge on any atom is 0.264 e. The number of H-pyrrole nitrogens is 1. The van der Waals surface area contributed by atoms with Crippen LogP contribution in [0.25, 0.3) is 0 Å². The van der Waals surface area contributed by atoms with Crippen LogP contribution in [0.2, 0.25) is 0 Å². The Bertz CT molecular complexity index is 571. The van der Waals surface area contributed by atoms with E-state index in [1.807, 2.05) is 0 Å². The maximum absolute atomic E-state index is 10.9. The van der Waals surface area contributed by atoms with Gasteiger partial charge in [-0.1, -0.05) is 12.1 Å². The number of hydrogen-bond acceptors (Lipinski definition) is 3. The molecule has 0 fully saturated rings. The van der Waals surface area contributed by atoms with Gasteiger partial charge in [-0.2, -0.15) is 0 Å². The van der Waals surface area contributed by atoms with E-state index in [0.717, 1.165) is 5.56 Å². The number of hydrogen-bond donors (Lipinski definition) is 3. The quantitative estimate of drug-likeness (QED) is 0.689. The summed E-state index contributed by atoms with van der Waals surface area (Å²) < 4.78 is 1.44. The molecule has 5 nitrogen and oxygen atoms in total. The van der Waals surface area contributed by atoms with Gasteiger partial charge in [0, 0.05) is 18.8 Å². The molecule has 0 amide bonds. The molecule has 1 aromatic heterocycles. The highest BCUT2D eigenvalue weighted by atomic mass is 32.1. The minimum Gasteiger partial charge on any atom is -0.508 e. The van der Waals surface area contributed by atoms with Gasteiger partial charge in [0.05, 0.1) is 0 Å². The Labute approximate surface area is 103 Å². The van der Waals surface area contributed by atoms with E-state index in [2.05, 4.69) is 10.4 Å². The summed E-state index contributed by atoms with van der Waals surface area (Å²) >= 11 is 5.09. The fraction of sp³-hybridized carbons (Fsp3) is 0.0909. The summed E-state index contributed by atoms with van der Waals surface area (Å²) in [4.78, 5) is 10.9. The van der Waals surface area contributed by atoms with Crippen molar-refractivity contribution >= 4 is 17.3 Å². The zero-order chi connectivity index (χ0) is 12.3. The Kier molecular flexibility index (Phi) is 3.24. The van der Waals surface area contributed by atoms with Crippen molar-refractivity contribution in [2.45, 2.75) is 6.54 Å². The molecule has 88 valence electrons. The molecule has 0 aliphatic carbocycles. The molecule has 2 aromatic rings. The van der Waals surface area contributed by atoms with Gasteiger partial charge in [-0.25, -0.2) is 4.68 Å². The second kappa shape index (κ2) is 4.84. The molecule has 0 saturated heterocycles. The molecule has 17 heavy (non-hydrogen) atoms. The minimum atomic E-state index is -0.196. The number of benzene rings is 1. The van der Waals surface area contributed by atoms with E-state index in [9.17, 15) is 4.79 Å². The average molecular weight is 249 g/mol. The summed E-state index contributed by atoms with van der Waals surface area (Å²) in [5.74, 6) is 0.228. The first kappa shape index (κ1) is 11.4. The van der Waals surface area contributed by atoms with Gasteiger partial charge in [0.2, 0.25) is 0 Å². The summed E-state index contributed by atoms with van der Waals surface area (Å²) in [6, 6.07) is 8.20. The van der Waals surface area contributed by atoms with Crippen molar-refractivity contribution in [2.24, 2.45) is 0 Å². The smallest absolute Gasteiger partial charge is 0.264 e. The van der Waals surface area contributed by atoms with Gasteiger partial charge in [0.15, 0.2) is 5.11 Å². The largest absolute Gasteiger partial charge is 0.508 e. The van der Waals surface area contributed by atoms with Crippen LogP contribution in [0.5, 0.6) is 5.75 Å². The molecular formula is C11H11N3O2S. The SMILES string of the molecule is O=c1ccn(C(=S)NCc2ccc(O)cc2)[nH]1. The van der Waals surface area contributed by atoms with Crippen molar-refractivity contribution in [3.63, 3.8) is 0 Å². The van der Waals surface area contributed by atoms with E-state index in [1.54, 1.807) is 30.5 Å². The number of thiocarbonyl (C=S) groups is 1. The second-order valence-corrected chi connectivity index (χ2v) is 3.87. The van der Waals surface area contributed by atoms with Crippen molar-refractivity contribution in [1.82, 2.24) is 15.1 Å². The van der Waals surface area contributed by atoms with Gasteiger partial charge in [-0.05, 0) is 29.9 Å². The number of aromatic nitrogens is 2. The van der Waals surface area contributed by atoms with Crippen LogP contribution in [0.4, 0.5) is 0 Å². The van der Waals surface area contributed by atoms with Crippen LogP contribution in [-0.2, 0) is 6.54 Å². The zero-order valence-electron chi connectivity index (χ0n) is 8.88. The van der Waals surface area contributed by atoms with E-state index >= 15 is 0 Å². The van der Waals surface area contributed by atoms with Gasteiger partial charge < -0.3 is 10.4 Å². The number of phenols is 1. The fourth-order valence-electron chi connectivity index (χ4n) is 1.33. The number of nitrogens with one attached hydrogen (secondary N) is 2. The predicted octanol–water partition coefficient (Wildman–Crippen LogP) is 0.805. The Balaban J connectivity index is 1.96. The van der Waals surface area contributed by atoms with Crippen molar-refractivity contribution in [2.75, 3.05) is 0 Å². The Morgan fingerprint density at radius 3 is 2.65 bits per heavy atom. The molecule has 1 heterocycles. The molecular weight excluding hydrogens is 238 g/mol. The highest BCUT2D eigenvalue weighted by Crippen LogP contribution is 2.09. The fourth-order valence-corrected chi connectivity index (χ4v) is 1.51. The lowest BCUT2D eigenvalue weighted by Gasteiger charge is -2.08. The second-order valence-electron chi connectivity index (χ2n) is 3.49. The molecule has 0 radical (unpaired) electrons. The lowest BCUT2D eigenvalue weighted by Crippen LogP contribution is -2.29. The summed E-state index contributed by atoms with van der Waals surface area (Å²) in [5, 5.41) is 15.1. The summed E-state index contributed by atoms with van der Waals surface area (Å²) in [6.45, 7) is 0.527. The molecule has 0 atom stereocenters. The minimum absolute atomic E-state index is 0.196. The molecule has 0 saturated carbocycles. The first-order valence-electron chi connectivity index (χ1n) is 4.99. The van der Waals surface area contributed by atoms with Gasteiger partial charge in [0.25, 0.3) is 5.56 Å². The van der Waals surface area contributed by atoms with Crippen LogP contribution in [-0.4, -0.2) is 20.0 Å². The van der Waals surface area contributed by atoms with Gasteiger partial charge in [0.1, 0.15) is 5.75 Å². The Morgan fingerprint density at radius 2 is 2.06 bits per heavy atom. The van der Waals surface area contributed by atoms with Gasteiger partial charge in [-0.15, -0.1) is 0 Å². The number of aromatic hydroxyl groups is 1. The molecule has 2 rings (SSSR count). The van der Waals surface area contributed by atoms with Crippen LogP contribution < -0.4 is 10.9 Å². The van der Waals surface area contributed by atoms with E-state index in [4.69, 9.17) is 17.3 Å². The molecule has 6 heteroatoms. The first-order chi connectivity index (χ1) is 8.15. The number of rotatable bonds is 2. The van der Waals surface area contributed by atoms with Crippen molar-refractivity contribution in [3.05, 3.63) is 52.4 Å². The van der Waals surface area contributed by atoms with Crippen molar-refractivity contribution < 1.29 is 5.11 Å². The number of nitrogens with zero attached hydrogens (tertiary/aromatic N) is 1. The average Bonchev–Trinajstić information content (AvgIpc) is 2.75. The highest BCUT2D eigenvalue weighted by molar-refractivity contribution is 7.80. The van der Waals surface area contributed by atoms with E-state index in [-0.39, 0.29) is 11.3 Å². The summed E-state index contributed by atoms with van der Waals surface area (Å²) in [6.07, 6.45) is 1.56. The zero-order valence-corrected chi connectivity index (χ0v) is 9.70. The lowest BCUT2D eigenvalue weighted by molar-refractivity contribution is 0.475. The highest BCUT2D eigenvalue weighted by Gasteiger charge is 2.00. The van der Waals surface area contributed by atoms with Gasteiger partial charge >= 0.3 is 0 Å². The van der Waals surface area contributed by atoms with Crippen molar-refractivity contribution in [3.8, 4) is 5.75 Å². The summed E-state index contributed by atoms with van der Waals surface area (Å²) in [7, 11) is 0. The topological polar surface area (TPSA) is 70.1 Å². The van der Waals surface area contributed by atoms with Crippen LogP contribution >= 0.6 is 12.2 Å². The molecule has 0 aliphatic rings. The number of phenolic OH excluding ortho intramolecular Hbond substituents is 1. The molecule has 0 bridgehead atoms. The summed E-state index contributed by atoms with van der Waals surface area (Å²) in [5.41, 5.74) is 0.790. The molecule has 1 aromatic carbocycles. The molecule has 0 aliphatic heterocycles. The first-order valence-corrected chi connectivity index (χ1v) is 5.40. The van der Waals surface area contributed by atoms with E-state index < -0.39 is 0 Å². The predicted molar refractivity (Wildman–Crippen MR) is 68.0 cm³/mol. The number of aromatic amines is 1. The van der Waals surface area contributed by atoms with E-state index in [1.165, 1.54) is 10.7 Å². The molecule has 0 unspecified atom stereocenters. The lowest BCUT2D eigenvalue weighted by atomic mass is 10.2. The van der Waals surface area contributed by atoms with Gasteiger partial charge in [-0.3, -0.25) is 9.89 Å². The van der Waals surface area contributed by atoms with Crippen LogP contribution in [0.3, 0.4) is 0 Å². The van der Waals surface area contributed by atoms with Crippen LogP contribution in [0, 0.1) is 0 Å². The Morgan fingerprint density at radius 1 is 1.35 bits per heavy atom. The van der Waals surface area contributed by atoms with Crippen LogP contribution in [0.15, 0.2) is 41.3 Å². The standard InChI is InChI=1S/C11H11N3O2S/c15-9-3-1-8(2-4-9)7-12-11(17)14-6-5-10(16)13-14/h1-6,15H,7H2,(H,12,17)(H,13,16). The maximum atomic E-state index is 10.9. The third kappa shape index (κ3) is 2.94. The third-order valence-electron chi connectivity index (χ3n) is 2.20. The molecule has 3 N–H and O–H groups in total. The Hall–Kier alpha value is -2.08. The third-order valence-corrected chi connectivity index (χ3v) is 2.55. The normalized spacial score (nSPS) is 10.1. The molecule has 0 spiro atoms. The van der Waals surface area contributed by atoms with Crippen molar-refractivity contribution in [1.29, 1.82) is 0 Å².